The Labute approximate surface area is 122 Å². The van der Waals surface area contributed by atoms with Gasteiger partial charge in [0.15, 0.2) is 0 Å². The van der Waals surface area contributed by atoms with Crippen molar-refractivity contribution >= 4 is 38.4 Å². The van der Waals surface area contributed by atoms with Crippen LogP contribution in [0.3, 0.4) is 0 Å². The maximum atomic E-state index is 12.3. The van der Waals surface area contributed by atoms with E-state index in [1.807, 2.05) is 0 Å². The molecule has 0 bridgehead atoms. The van der Waals surface area contributed by atoms with Crippen molar-refractivity contribution in [2.75, 3.05) is 13.1 Å². The molecular formula is C11H16BrClN2O2S. The van der Waals surface area contributed by atoms with Gasteiger partial charge in [0.25, 0.3) is 0 Å². The SMILES string of the molecule is Cl.NC1CCN(S(=O)(=O)c2ccc(Br)cc2)CC1. The predicted molar refractivity (Wildman–Crippen MR) is 77.4 cm³/mol. The lowest BCUT2D eigenvalue weighted by Gasteiger charge is -2.29. The average Bonchev–Trinajstić information content (AvgIpc) is 2.30. The fourth-order valence-corrected chi connectivity index (χ4v) is 3.61. The van der Waals surface area contributed by atoms with Gasteiger partial charge in [-0.15, -0.1) is 12.4 Å². The quantitative estimate of drug-likeness (QED) is 0.882. The van der Waals surface area contributed by atoms with Crippen molar-refractivity contribution in [3.63, 3.8) is 0 Å². The van der Waals surface area contributed by atoms with Gasteiger partial charge in [-0.05, 0) is 37.1 Å². The highest BCUT2D eigenvalue weighted by molar-refractivity contribution is 9.10. The highest BCUT2D eigenvalue weighted by Crippen LogP contribution is 2.21. The van der Waals surface area contributed by atoms with E-state index in [1.165, 1.54) is 4.31 Å². The van der Waals surface area contributed by atoms with Gasteiger partial charge in [-0.25, -0.2) is 8.42 Å². The van der Waals surface area contributed by atoms with Gasteiger partial charge in [-0.3, -0.25) is 0 Å². The molecule has 2 N–H and O–H groups in total. The van der Waals surface area contributed by atoms with Crippen molar-refractivity contribution in [2.24, 2.45) is 5.73 Å². The molecule has 1 heterocycles. The number of hydrogen-bond acceptors (Lipinski definition) is 3. The van der Waals surface area contributed by atoms with E-state index in [9.17, 15) is 8.42 Å². The van der Waals surface area contributed by atoms with E-state index in [0.717, 1.165) is 17.3 Å². The van der Waals surface area contributed by atoms with Gasteiger partial charge in [-0.1, -0.05) is 15.9 Å². The first-order valence-corrected chi connectivity index (χ1v) is 7.75. The van der Waals surface area contributed by atoms with E-state index < -0.39 is 10.0 Å². The summed E-state index contributed by atoms with van der Waals surface area (Å²) < 4.78 is 26.9. The fraction of sp³-hybridized carbons (Fsp3) is 0.455. The third kappa shape index (κ3) is 3.45. The highest BCUT2D eigenvalue weighted by atomic mass is 79.9. The molecule has 1 saturated heterocycles. The topological polar surface area (TPSA) is 63.4 Å². The standard InChI is InChI=1S/C11H15BrN2O2S.ClH/c12-9-1-3-11(4-2-9)17(15,16)14-7-5-10(13)6-8-14;/h1-4,10H,5-8,13H2;1H. The molecule has 0 saturated carbocycles. The Balaban J connectivity index is 0.00000162. The summed E-state index contributed by atoms with van der Waals surface area (Å²) >= 11 is 3.29. The zero-order valence-corrected chi connectivity index (χ0v) is 13.0. The summed E-state index contributed by atoms with van der Waals surface area (Å²) in [7, 11) is -3.35. The lowest BCUT2D eigenvalue weighted by molar-refractivity contribution is 0.320. The molecule has 0 spiro atoms. The molecule has 0 aliphatic carbocycles. The van der Waals surface area contributed by atoms with E-state index in [1.54, 1.807) is 24.3 Å². The molecule has 1 aromatic rings. The molecule has 1 aliphatic rings. The third-order valence-corrected chi connectivity index (χ3v) is 5.39. The number of sulfonamides is 1. The van der Waals surface area contributed by atoms with Crippen LogP contribution < -0.4 is 5.73 Å². The number of rotatable bonds is 2. The number of nitrogens with zero attached hydrogens (tertiary/aromatic N) is 1. The maximum absolute atomic E-state index is 12.3. The summed E-state index contributed by atoms with van der Waals surface area (Å²) in [6, 6.07) is 6.85. The second-order valence-electron chi connectivity index (χ2n) is 4.20. The largest absolute Gasteiger partial charge is 0.328 e. The molecule has 18 heavy (non-hydrogen) atoms. The second kappa shape index (κ2) is 6.34. The Morgan fingerprint density at radius 3 is 2.17 bits per heavy atom. The van der Waals surface area contributed by atoms with Crippen molar-refractivity contribution in [1.82, 2.24) is 4.31 Å². The molecule has 2 rings (SSSR count). The molecule has 0 amide bonds. The molecule has 0 unspecified atom stereocenters. The van der Waals surface area contributed by atoms with Crippen molar-refractivity contribution in [3.05, 3.63) is 28.7 Å². The van der Waals surface area contributed by atoms with Gasteiger partial charge in [0.2, 0.25) is 10.0 Å². The molecule has 1 fully saturated rings. The van der Waals surface area contributed by atoms with E-state index in [4.69, 9.17) is 5.73 Å². The summed E-state index contributed by atoms with van der Waals surface area (Å²) in [6.07, 6.45) is 1.46. The number of piperidine rings is 1. The van der Waals surface area contributed by atoms with Crippen LogP contribution in [0.5, 0.6) is 0 Å². The van der Waals surface area contributed by atoms with Gasteiger partial charge in [0.05, 0.1) is 4.90 Å². The van der Waals surface area contributed by atoms with Crippen LogP contribution in [-0.2, 0) is 10.0 Å². The highest BCUT2D eigenvalue weighted by Gasteiger charge is 2.27. The fourth-order valence-electron chi connectivity index (χ4n) is 1.87. The van der Waals surface area contributed by atoms with Crippen molar-refractivity contribution in [3.8, 4) is 0 Å². The zero-order chi connectivity index (χ0) is 12.5. The Bertz CT molecular complexity index is 484. The van der Waals surface area contributed by atoms with E-state index >= 15 is 0 Å². The van der Waals surface area contributed by atoms with E-state index in [-0.39, 0.29) is 18.4 Å². The Morgan fingerprint density at radius 2 is 1.67 bits per heavy atom. The van der Waals surface area contributed by atoms with Crippen LogP contribution in [0.15, 0.2) is 33.6 Å². The summed E-state index contributed by atoms with van der Waals surface area (Å²) in [5, 5.41) is 0. The second-order valence-corrected chi connectivity index (χ2v) is 7.05. The molecule has 7 heteroatoms. The van der Waals surface area contributed by atoms with Gasteiger partial charge in [-0.2, -0.15) is 4.31 Å². The predicted octanol–water partition coefficient (Wildman–Crippen LogP) is 1.98. The first-order valence-electron chi connectivity index (χ1n) is 5.51. The normalized spacial score (nSPS) is 18.3. The molecule has 0 radical (unpaired) electrons. The minimum Gasteiger partial charge on any atom is -0.328 e. The third-order valence-electron chi connectivity index (χ3n) is 2.95. The lowest BCUT2D eigenvalue weighted by atomic mass is 10.1. The van der Waals surface area contributed by atoms with Crippen LogP contribution in [0.25, 0.3) is 0 Å². The van der Waals surface area contributed by atoms with Crippen molar-refractivity contribution < 1.29 is 8.42 Å². The number of benzene rings is 1. The van der Waals surface area contributed by atoms with E-state index in [2.05, 4.69) is 15.9 Å². The summed E-state index contributed by atoms with van der Waals surface area (Å²) in [5.74, 6) is 0. The van der Waals surface area contributed by atoms with Crippen LogP contribution >= 0.6 is 28.3 Å². The zero-order valence-electron chi connectivity index (χ0n) is 9.75. The molecule has 1 aliphatic heterocycles. The van der Waals surface area contributed by atoms with Crippen LogP contribution in [-0.4, -0.2) is 31.9 Å². The Hall–Kier alpha value is -0.140. The first kappa shape index (κ1) is 15.9. The minimum atomic E-state index is -3.35. The van der Waals surface area contributed by atoms with Crippen LogP contribution in [0.1, 0.15) is 12.8 Å². The molecule has 4 nitrogen and oxygen atoms in total. The molecular weight excluding hydrogens is 340 g/mol. The van der Waals surface area contributed by atoms with Crippen molar-refractivity contribution in [1.29, 1.82) is 0 Å². The summed E-state index contributed by atoms with van der Waals surface area (Å²) in [5.41, 5.74) is 5.77. The summed E-state index contributed by atoms with van der Waals surface area (Å²) in [6.45, 7) is 1.03. The monoisotopic (exact) mass is 354 g/mol. The molecule has 0 aromatic heterocycles. The minimum absolute atomic E-state index is 0. The average molecular weight is 356 g/mol. The maximum Gasteiger partial charge on any atom is 0.243 e. The van der Waals surface area contributed by atoms with Gasteiger partial charge in [0.1, 0.15) is 0 Å². The van der Waals surface area contributed by atoms with E-state index in [0.29, 0.717) is 18.0 Å². The Kier molecular flexibility index (Phi) is 5.61. The molecule has 0 atom stereocenters. The Morgan fingerprint density at radius 1 is 1.17 bits per heavy atom. The number of hydrogen-bond donors (Lipinski definition) is 1. The van der Waals surface area contributed by atoms with Gasteiger partial charge < -0.3 is 5.73 Å². The van der Waals surface area contributed by atoms with Crippen LogP contribution in [0.4, 0.5) is 0 Å². The smallest absolute Gasteiger partial charge is 0.243 e. The van der Waals surface area contributed by atoms with Crippen molar-refractivity contribution in [2.45, 2.75) is 23.8 Å². The molecule has 1 aromatic carbocycles. The first-order chi connectivity index (χ1) is 8.00. The molecule has 102 valence electrons. The van der Waals surface area contributed by atoms with Gasteiger partial charge >= 0.3 is 0 Å². The van der Waals surface area contributed by atoms with Gasteiger partial charge in [0, 0.05) is 23.6 Å². The van der Waals surface area contributed by atoms with Crippen LogP contribution in [0.2, 0.25) is 0 Å². The summed E-state index contributed by atoms with van der Waals surface area (Å²) in [4.78, 5) is 0.344. The van der Waals surface area contributed by atoms with Crippen LogP contribution in [0, 0.1) is 0 Å². The lowest BCUT2D eigenvalue weighted by Crippen LogP contribution is -2.42. The number of nitrogens with two attached hydrogens (primary N) is 1. The number of halogens is 2.